The van der Waals surface area contributed by atoms with E-state index < -0.39 is 5.97 Å². The van der Waals surface area contributed by atoms with Crippen molar-refractivity contribution < 1.29 is 9.90 Å². The molecule has 70 valence electrons. The number of hydrogen-bond acceptors (Lipinski definition) is 1. The molecule has 0 spiro atoms. The third kappa shape index (κ3) is 2.54. The smallest absolute Gasteiger partial charge is 0.336 e. The molecule has 2 nitrogen and oxygen atoms in total. The molecule has 1 N–H and O–H groups in total. The highest BCUT2D eigenvalue weighted by Gasteiger charge is 2.10. The molecule has 4 heteroatoms. The highest BCUT2D eigenvalue weighted by atomic mass is 79.9. The van der Waals surface area contributed by atoms with Crippen molar-refractivity contribution in [3.05, 3.63) is 33.8 Å². The number of halogens is 2. The van der Waals surface area contributed by atoms with E-state index in [1.54, 1.807) is 12.1 Å². The number of carbonyl (C=O) groups is 1. The van der Waals surface area contributed by atoms with Crippen molar-refractivity contribution in [2.24, 2.45) is 0 Å². The molecule has 0 fully saturated rings. The Hall–Kier alpha value is -0.350. The molecule has 1 aromatic rings. The van der Waals surface area contributed by atoms with Crippen molar-refractivity contribution in [2.45, 2.75) is 11.8 Å². The Morgan fingerprint density at radius 2 is 2.15 bits per heavy atom. The van der Waals surface area contributed by atoms with Crippen LogP contribution in [0, 0.1) is 0 Å². The minimum Gasteiger partial charge on any atom is -0.478 e. The van der Waals surface area contributed by atoms with Crippen LogP contribution < -0.4 is 0 Å². The molecule has 0 aliphatic rings. The minimum absolute atomic E-state index is 0.165. The summed E-state index contributed by atoms with van der Waals surface area (Å²) >= 11 is 6.57. The number of alkyl halides is 1. The predicted molar refractivity (Wildman–Crippen MR) is 58.4 cm³/mol. The average molecular weight is 308 g/mol. The van der Waals surface area contributed by atoms with Crippen molar-refractivity contribution in [1.82, 2.24) is 0 Å². The van der Waals surface area contributed by atoms with E-state index in [9.17, 15) is 4.79 Å². The molecule has 0 bridgehead atoms. The molecule has 0 aliphatic heterocycles. The molecule has 0 aromatic heterocycles. The summed E-state index contributed by atoms with van der Waals surface area (Å²) < 4.78 is 0.608. The maximum Gasteiger partial charge on any atom is 0.336 e. The zero-order chi connectivity index (χ0) is 10.0. The summed E-state index contributed by atoms with van der Waals surface area (Å²) in [5.41, 5.74) is 1.25. The fraction of sp³-hybridized carbons (Fsp3) is 0.222. The number of carboxylic acid groups (broad SMARTS) is 1. The van der Waals surface area contributed by atoms with Gasteiger partial charge in [-0.15, -0.1) is 0 Å². The van der Waals surface area contributed by atoms with E-state index in [1.165, 1.54) is 0 Å². The molecule has 1 rings (SSSR count). The van der Waals surface area contributed by atoms with Crippen LogP contribution >= 0.6 is 31.9 Å². The molecule has 0 heterocycles. The van der Waals surface area contributed by atoms with Crippen LogP contribution in [0.3, 0.4) is 0 Å². The van der Waals surface area contributed by atoms with E-state index in [0.717, 1.165) is 5.56 Å². The van der Waals surface area contributed by atoms with Gasteiger partial charge in [-0.2, -0.15) is 0 Å². The average Bonchev–Trinajstić information content (AvgIpc) is 2.04. The number of rotatable bonds is 2. The Bertz CT molecular complexity index is 334. The van der Waals surface area contributed by atoms with Gasteiger partial charge in [0.2, 0.25) is 0 Å². The van der Waals surface area contributed by atoms with Crippen LogP contribution in [0.5, 0.6) is 0 Å². The summed E-state index contributed by atoms with van der Waals surface area (Å²) in [7, 11) is 0. The molecular formula is C9H8Br2O2. The molecule has 13 heavy (non-hydrogen) atoms. The second-order valence-corrected chi connectivity index (χ2v) is 4.89. The normalized spacial score (nSPS) is 12.5. The summed E-state index contributed by atoms with van der Waals surface area (Å²) in [5, 5.41) is 8.83. The van der Waals surface area contributed by atoms with Gasteiger partial charge in [-0.3, -0.25) is 0 Å². The standard InChI is InChI=1S/C9H8Br2O2/c1-5(10)6-2-3-8(11)7(4-6)9(12)13/h2-5H,1H3,(H,12,13)/t5-/m1/s1. The van der Waals surface area contributed by atoms with Crippen LogP contribution in [-0.4, -0.2) is 11.1 Å². The summed E-state index contributed by atoms with van der Waals surface area (Å²) in [5.74, 6) is -0.915. The summed E-state index contributed by atoms with van der Waals surface area (Å²) in [6, 6.07) is 5.29. The van der Waals surface area contributed by atoms with Gasteiger partial charge < -0.3 is 5.11 Å². The molecule has 0 unspecified atom stereocenters. The van der Waals surface area contributed by atoms with Gasteiger partial charge in [0.25, 0.3) is 0 Å². The first-order valence-corrected chi connectivity index (χ1v) is 5.40. The minimum atomic E-state index is -0.915. The van der Waals surface area contributed by atoms with Crippen LogP contribution in [0.4, 0.5) is 0 Å². The van der Waals surface area contributed by atoms with Gasteiger partial charge >= 0.3 is 5.97 Å². The molecule has 0 saturated heterocycles. The Morgan fingerprint density at radius 1 is 1.54 bits per heavy atom. The zero-order valence-electron chi connectivity index (χ0n) is 6.92. The van der Waals surface area contributed by atoms with E-state index in [2.05, 4.69) is 31.9 Å². The van der Waals surface area contributed by atoms with Gasteiger partial charge in [-0.25, -0.2) is 4.79 Å². The Morgan fingerprint density at radius 3 is 2.62 bits per heavy atom. The Kier molecular flexibility index (Phi) is 3.50. The highest BCUT2D eigenvalue weighted by Crippen LogP contribution is 2.26. The summed E-state index contributed by atoms with van der Waals surface area (Å²) in [4.78, 5) is 10.9. The molecule has 0 amide bonds. The first-order valence-electron chi connectivity index (χ1n) is 3.69. The Labute approximate surface area is 93.2 Å². The lowest BCUT2D eigenvalue weighted by Gasteiger charge is -2.05. The van der Waals surface area contributed by atoms with Crippen LogP contribution in [0.2, 0.25) is 0 Å². The molecule has 0 aliphatic carbocycles. The lowest BCUT2D eigenvalue weighted by Crippen LogP contribution is -1.99. The van der Waals surface area contributed by atoms with Crippen LogP contribution in [0.1, 0.15) is 27.7 Å². The van der Waals surface area contributed by atoms with Crippen molar-refractivity contribution >= 4 is 37.8 Å². The van der Waals surface area contributed by atoms with Crippen molar-refractivity contribution in [3.8, 4) is 0 Å². The Balaban J connectivity index is 3.19. The molecule has 0 saturated carbocycles. The van der Waals surface area contributed by atoms with Crippen LogP contribution in [0.25, 0.3) is 0 Å². The third-order valence-corrected chi connectivity index (χ3v) is 2.90. The summed E-state index contributed by atoms with van der Waals surface area (Å²) in [6.45, 7) is 1.95. The van der Waals surface area contributed by atoms with E-state index in [4.69, 9.17) is 5.11 Å². The van der Waals surface area contributed by atoms with E-state index in [-0.39, 0.29) is 4.83 Å². The van der Waals surface area contributed by atoms with Gasteiger partial charge in [0.1, 0.15) is 0 Å². The van der Waals surface area contributed by atoms with Crippen LogP contribution in [-0.2, 0) is 0 Å². The van der Waals surface area contributed by atoms with Crippen molar-refractivity contribution in [1.29, 1.82) is 0 Å². The first kappa shape index (κ1) is 10.7. The monoisotopic (exact) mass is 306 g/mol. The van der Waals surface area contributed by atoms with E-state index >= 15 is 0 Å². The van der Waals surface area contributed by atoms with E-state index in [1.807, 2.05) is 13.0 Å². The van der Waals surface area contributed by atoms with Gasteiger partial charge in [-0.05, 0) is 40.5 Å². The van der Waals surface area contributed by atoms with Crippen molar-refractivity contribution in [2.75, 3.05) is 0 Å². The number of carboxylic acids is 1. The molecule has 0 radical (unpaired) electrons. The molecular weight excluding hydrogens is 300 g/mol. The van der Waals surface area contributed by atoms with Gasteiger partial charge in [0.05, 0.1) is 5.56 Å². The second-order valence-electron chi connectivity index (χ2n) is 2.66. The fourth-order valence-electron chi connectivity index (χ4n) is 0.954. The van der Waals surface area contributed by atoms with Crippen LogP contribution in [0.15, 0.2) is 22.7 Å². The highest BCUT2D eigenvalue weighted by molar-refractivity contribution is 9.10. The van der Waals surface area contributed by atoms with Crippen molar-refractivity contribution in [3.63, 3.8) is 0 Å². The van der Waals surface area contributed by atoms with E-state index in [0.29, 0.717) is 10.0 Å². The van der Waals surface area contributed by atoms with Gasteiger partial charge in [-0.1, -0.05) is 22.0 Å². The molecule has 1 aromatic carbocycles. The topological polar surface area (TPSA) is 37.3 Å². The number of benzene rings is 1. The maximum absolute atomic E-state index is 10.8. The maximum atomic E-state index is 10.8. The summed E-state index contributed by atoms with van der Waals surface area (Å²) in [6.07, 6.45) is 0. The van der Waals surface area contributed by atoms with Gasteiger partial charge in [0, 0.05) is 9.30 Å². The SMILES string of the molecule is C[C@@H](Br)c1ccc(Br)c(C(=O)O)c1. The first-order chi connectivity index (χ1) is 6.02. The molecule has 1 atom stereocenters. The number of hydrogen-bond donors (Lipinski definition) is 1. The number of aromatic carboxylic acids is 1. The lowest BCUT2D eigenvalue weighted by molar-refractivity contribution is 0.0696. The quantitative estimate of drug-likeness (QED) is 0.848. The van der Waals surface area contributed by atoms with Gasteiger partial charge in [0.15, 0.2) is 0 Å². The lowest BCUT2D eigenvalue weighted by atomic mass is 10.1. The largest absolute Gasteiger partial charge is 0.478 e. The fourth-order valence-corrected chi connectivity index (χ4v) is 1.66. The third-order valence-electron chi connectivity index (χ3n) is 1.68. The second kappa shape index (κ2) is 4.24. The predicted octanol–water partition coefficient (Wildman–Crippen LogP) is 3.60. The zero-order valence-corrected chi connectivity index (χ0v) is 10.1.